The highest BCUT2D eigenvalue weighted by atomic mass is 19.1. The number of piperidine rings is 1. The third-order valence-electron chi connectivity index (χ3n) is 6.16. The molecule has 0 radical (unpaired) electrons. The predicted molar refractivity (Wildman–Crippen MR) is 110 cm³/mol. The molecule has 2 heterocycles. The number of hydrogen-bond acceptors (Lipinski definition) is 2. The number of likely N-dealkylation sites (tertiary alicyclic amines) is 1. The Morgan fingerprint density at radius 3 is 2.45 bits per heavy atom. The zero-order valence-electron chi connectivity index (χ0n) is 16.6. The normalized spacial score (nSPS) is 17.1. The molecule has 0 N–H and O–H groups in total. The number of carbonyl (C=O) groups excluding carboxylic acids is 2. The van der Waals surface area contributed by atoms with Gasteiger partial charge >= 0.3 is 0 Å². The van der Waals surface area contributed by atoms with Crippen LogP contribution in [0.15, 0.2) is 48.5 Å². The number of hydrogen-bond donors (Lipinski definition) is 0. The van der Waals surface area contributed by atoms with Crippen LogP contribution in [0, 0.1) is 11.7 Å². The van der Waals surface area contributed by atoms with Crippen molar-refractivity contribution in [1.82, 2.24) is 9.80 Å². The summed E-state index contributed by atoms with van der Waals surface area (Å²) < 4.78 is 13.3. The molecule has 0 spiro atoms. The summed E-state index contributed by atoms with van der Waals surface area (Å²) in [6, 6.07) is 14.7. The molecular formula is C24H27FN2O2. The van der Waals surface area contributed by atoms with Crippen molar-refractivity contribution in [1.29, 1.82) is 0 Å². The summed E-state index contributed by atoms with van der Waals surface area (Å²) in [5, 5.41) is 0. The maximum Gasteiger partial charge on any atom is 0.226 e. The van der Waals surface area contributed by atoms with Crippen molar-refractivity contribution in [2.45, 2.75) is 38.6 Å². The summed E-state index contributed by atoms with van der Waals surface area (Å²) in [6.07, 6.45) is 3.29. The van der Waals surface area contributed by atoms with E-state index in [-0.39, 0.29) is 23.5 Å². The van der Waals surface area contributed by atoms with Crippen LogP contribution in [0.1, 0.15) is 36.0 Å². The number of halogens is 1. The van der Waals surface area contributed by atoms with Crippen LogP contribution in [0.4, 0.5) is 4.39 Å². The van der Waals surface area contributed by atoms with E-state index in [2.05, 4.69) is 18.2 Å². The minimum Gasteiger partial charge on any atom is -0.343 e. The summed E-state index contributed by atoms with van der Waals surface area (Å²) in [4.78, 5) is 29.3. The quantitative estimate of drug-likeness (QED) is 0.795. The molecule has 2 aromatic rings. The molecular weight excluding hydrogens is 367 g/mol. The van der Waals surface area contributed by atoms with Gasteiger partial charge in [-0.2, -0.15) is 0 Å². The van der Waals surface area contributed by atoms with Gasteiger partial charge in [0.15, 0.2) is 0 Å². The SMILES string of the molecule is O=C(CCc1cccc(F)c1)N1CCC(C(=O)N2CCc3ccccc3C2)CC1. The van der Waals surface area contributed by atoms with Gasteiger partial charge in [0.1, 0.15) is 5.82 Å². The summed E-state index contributed by atoms with van der Waals surface area (Å²) in [5.74, 6) is 0.0561. The third-order valence-corrected chi connectivity index (χ3v) is 6.16. The lowest BCUT2D eigenvalue weighted by Crippen LogP contribution is -2.45. The van der Waals surface area contributed by atoms with Gasteiger partial charge in [-0.25, -0.2) is 4.39 Å². The van der Waals surface area contributed by atoms with Gasteiger partial charge < -0.3 is 9.80 Å². The second kappa shape index (κ2) is 8.76. The largest absolute Gasteiger partial charge is 0.343 e. The van der Waals surface area contributed by atoms with Crippen molar-refractivity contribution >= 4 is 11.8 Å². The van der Waals surface area contributed by atoms with Crippen LogP contribution in [0.3, 0.4) is 0 Å². The maximum atomic E-state index is 13.3. The number of aryl methyl sites for hydroxylation is 1. The fraction of sp³-hybridized carbons (Fsp3) is 0.417. The summed E-state index contributed by atoms with van der Waals surface area (Å²) >= 11 is 0. The molecule has 4 nitrogen and oxygen atoms in total. The van der Waals surface area contributed by atoms with E-state index in [1.165, 1.54) is 23.3 Å². The Labute approximate surface area is 171 Å². The highest BCUT2D eigenvalue weighted by Gasteiger charge is 2.31. The third kappa shape index (κ3) is 4.66. The first kappa shape index (κ1) is 19.6. The van der Waals surface area contributed by atoms with Gasteiger partial charge in [-0.1, -0.05) is 36.4 Å². The second-order valence-electron chi connectivity index (χ2n) is 8.06. The molecule has 2 amide bonds. The topological polar surface area (TPSA) is 40.6 Å². The zero-order chi connectivity index (χ0) is 20.2. The molecule has 2 aliphatic heterocycles. The van der Waals surface area contributed by atoms with Gasteiger partial charge in [0.25, 0.3) is 0 Å². The van der Waals surface area contributed by atoms with E-state index >= 15 is 0 Å². The van der Waals surface area contributed by atoms with Crippen LogP contribution < -0.4 is 0 Å². The molecule has 0 atom stereocenters. The lowest BCUT2D eigenvalue weighted by atomic mass is 9.92. The molecule has 4 rings (SSSR count). The minimum atomic E-state index is -0.269. The second-order valence-corrected chi connectivity index (χ2v) is 8.06. The number of nitrogens with zero attached hydrogens (tertiary/aromatic N) is 2. The van der Waals surface area contributed by atoms with Crippen molar-refractivity contribution in [2.75, 3.05) is 19.6 Å². The molecule has 152 valence electrons. The van der Waals surface area contributed by atoms with Gasteiger partial charge in [-0.3, -0.25) is 9.59 Å². The van der Waals surface area contributed by atoms with Crippen molar-refractivity contribution in [2.24, 2.45) is 5.92 Å². The minimum absolute atomic E-state index is 0.00697. The highest BCUT2D eigenvalue weighted by Crippen LogP contribution is 2.25. The first-order valence-electron chi connectivity index (χ1n) is 10.5. The fourth-order valence-electron chi connectivity index (χ4n) is 4.42. The van der Waals surface area contributed by atoms with Crippen LogP contribution in [0.2, 0.25) is 0 Å². The number of benzene rings is 2. The van der Waals surface area contributed by atoms with E-state index in [1.54, 1.807) is 6.07 Å². The Morgan fingerprint density at radius 2 is 1.69 bits per heavy atom. The first-order valence-corrected chi connectivity index (χ1v) is 10.5. The van der Waals surface area contributed by atoms with E-state index in [0.717, 1.165) is 31.4 Å². The number of rotatable bonds is 4. The Balaban J connectivity index is 1.26. The van der Waals surface area contributed by atoms with Crippen LogP contribution >= 0.6 is 0 Å². The molecule has 0 bridgehead atoms. The van der Waals surface area contributed by atoms with Crippen molar-refractivity contribution < 1.29 is 14.0 Å². The van der Waals surface area contributed by atoms with Crippen molar-refractivity contribution in [3.05, 3.63) is 71.0 Å². The van der Waals surface area contributed by atoms with Gasteiger partial charge in [0.2, 0.25) is 11.8 Å². The fourth-order valence-corrected chi connectivity index (χ4v) is 4.42. The molecule has 0 saturated carbocycles. The lowest BCUT2D eigenvalue weighted by molar-refractivity contribution is -0.141. The number of carbonyl (C=O) groups is 2. The van der Waals surface area contributed by atoms with Gasteiger partial charge in [-0.15, -0.1) is 0 Å². The standard InChI is InChI=1S/C24H27FN2O2/c25-22-7-3-4-18(16-22)8-9-23(28)26-13-11-20(12-14-26)24(29)27-15-10-19-5-1-2-6-21(19)17-27/h1-7,16,20H,8-15,17H2. The van der Waals surface area contributed by atoms with Crippen LogP contribution in [0.5, 0.6) is 0 Å². The summed E-state index contributed by atoms with van der Waals surface area (Å²) in [6.45, 7) is 2.73. The van der Waals surface area contributed by atoms with Crippen LogP contribution in [-0.4, -0.2) is 41.2 Å². The molecule has 0 aliphatic carbocycles. The molecule has 1 saturated heterocycles. The van der Waals surface area contributed by atoms with Gasteiger partial charge in [-0.05, 0) is 54.5 Å². The van der Waals surface area contributed by atoms with Crippen LogP contribution in [-0.2, 0) is 29.0 Å². The number of fused-ring (bicyclic) bond motifs is 1. The van der Waals surface area contributed by atoms with E-state index in [0.29, 0.717) is 32.5 Å². The van der Waals surface area contributed by atoms with Crippen molar-refractivity contribution in [3.8, 4) is 0 Å². The zero-order valence-corrected chi connectivity index (χ0v) is 16.6. The predicted octanol–water partition coefficient (Wildman–Crippen LogP) is 3.58. The lowest BCUT2D eigenvalue weighted by Gasteiger charge is -2.36. The Morgan fingerprint density at radius 1 is 0.931 bits per heavy atom. The number of amides is 2. The summed E-state index contributed by atoms with van der Waals surface area (Å²) in [7, 11) is 0. The highest BCUT2D eigenvalue weighted by molar-refractivity contribution is 5.80. The average molecular weight is 394 g/mol. The molecule has 2 aromatic carbocycles. The molecule has 0 aromatic heterocycles. The monoisotopic (exact) mass is 394 g/mol. The smallest absolute Gasteiger partial charge is 0.226 e. The molecule has 1 fully saturated rings. The van der Waals surface area contributed by atoms with Crippen LogP contribution in [0.25, 0.3) is 0 Å². The van der Waals surface area contributed by atoms with E-state index in [9.17, 15) is 14.0 Å². The average Bonchev–Trinajstić information content (AvgIpc) is 2.77. The maximum absolute atomic E-state index is 13.3. The Hall–Kier alpha value is -2.69. The Bertz CT molecular complexity index is 890. The van der Waals surface area contributed by atoms with Gasteiger partial charge in [0.05, 0.1) is 0 Å². The molecule has 29 heavy (non-hydrogen) atoms. The molecule has 5 heteroatoms. The van der Waals surface area contributed by atoms with E-state index in [4.69, 9.17) is 0 Å². The van der Waals surface area contributed by atoms with Gasteiger partial charge in [0, 0.05) is 38.5 Å². The molecule has 0 unspecified atom stereocenters. The Kier molecular flexibility index (Phi) is 5.93. The summed E-state index contributed by atoms with van der Waals surface area (Å²) in [5.41, 5.74) is 3.43. The molecule has 2 aliphatic rings. The first-order chi connectivity index (χ1) is 14.1. The van der Waals surface area contributed by atoms with E-state index < -0.39 is 0 Å². The van der Waals surface area contributed by atoms with Crippen molar-refractivity contribution in [3.63, 3.8) is 0 Å². The van der Waals surface area contributed by atoms with E-state index in [1.807, 2.05) is 21.9 Å².